The summed E-state index contributed by atoms with van der Waals surface area (Å²) in [5.41, 5.74) is 3.98. The van der Waals surface area contributed by atoms with Crippen LogP contribution in [0.25, 0.3) is 0 Å². The van der Waals surface area contributed by atoms with Crippen molar-refractivity contribution in [3.63, 3.8) is 0 Å². The molecule has 4 rings (SSSR count). The minimum atomic E-state index is 0.0329. The van der Waals surface area contributed by atoms with Crippen LogP contribution in [0.15, 0.2) is 6.20 Å². The molecule has 7 nitrogen and oxygen atoms in total. The summed E-state index contributed by atoms with van der Waals surface area (Å²) in [6.07, 6.45) is 1.75. The molecule has 0 spiro atoms. The zero-order chi connectivity index (χ0) is 13.4. The molecule has 1 aromatic rings. The summed E-state index contributed by atoms with van der Waals surface area (Å²) in [7, 11) is 3.60. The van der Waals surface area contributed by atoms with E-state index in [1.165, 1.54) is 0 Å². The fraction of sp³-hybridized carbons (Fsp3) is 0.750. The van der Waals surface area contributed by atoms with E-state index in [-0.39, 0.29) is 6.04 Å². The average molecular weight is 266 g/mol. The maximum atomic E-state index is 5.83. The number of aryl methyl sites for hydroxylation is 1. The second-order valence-electron chi connectivity index (χ2n) is 5.27. The maximum Gasteiger partial charge on any atom is 0.161 e. The maximum absolute atomic E-state index is 5.83. The molecular weight excluding hydrogens is 244 g/mol. The normalized spacial score (nSPS) is 31.4. The number of nitrogens with zero attached hydrogens (tertiary/aromatic N) is 4. The molecule has 4 heterocycles. The van der Waals surface area contributed by atoms with Gasteiger partial charge < -0.3 is 4.74 Å². The van der Waals surface area contributed by atoms with Gasteiger partial charge in [-0.05, 0) is 0 Å². The molecule has 3 saturated heterocycles. The van der Waals surface area contributed by atoms with E-state index < -0.39 is 0 Å². The Morgan fingerprint density at radius 1 is 1.42 bits per heavy atom. The molecule has 0 saturated carbocycles. The Kier molecular flexibility index (Phi) is 3.44. The van der Waals surface area contributed by atoms with Crippen molar-refractivity contribution in [2.24, 2.45) is 12.9 Å². The van der Waals surface area contributed by atoms with E-state index in [1.807, 2.05) is 11.7 Å². The molecule has 3 N–H and O–H groups in total. The van der Waals surface area contributed by atoms with Crippen LogP contribution in [0, 0.1) is 0 Å². The van der Waals surface area contributed by atoms with E-state index in [0.717, 1.165) is 44.2 Å². The van der Waals surface area contributed by atoms with Crippen molar-refractivity contribution in [1.82, 2.24) is 25.0 Å². The van der Waals surface area contributed by atoms with Gasteiger partial charge >= 0.3 is 0 Å². The largest absolute Gasteiger partial charge is 0.493 e. The van der Waals surface area contributed by atoms with Crippen LogP contribution >= 0.6 is 0 Å². The lowest BCUT2D eigenvalue weighted by molar-refractivity contribution is -0.00520. The summed E-state index contributed by atoms with van der Waals surface area (Å²) in [5.74, 6) is 6.62. The van der Waals surface area contributed by atoms with Gasteiger partial charge in [0.2, 0.25) is 0 Å². The Morgan fingerprint density at radius 3 is 2.68 bits per heavy atom. The third-order valence-electron chi connectivity index (χ3n) is 4.35. The minimum absolute atomic E-state index is 0.0329. The Bertz CT molecular complexity index is 439. The van der Waals surface area contributed by atoms with Gasteiger partial charge in [-0.1, -0.05) is 0 Å². The van der Waals surface area contributed by atoms with Gasteiger partial charge in [0, 0.05) is 45.8 Å². The summed E-state index contributed by atoms with van der Waals surface area (Å²) in [6.45, 7) is 5.60. The number of rotatable bonds is 4. The molecule has 3 fully saturated rings. The molecule has 19 heavy (non-hydrogen) atoms. The zero-order valence-corrected chi connectivity index (χ0v) is 11.5. The van der Waals surface area contributed by atoms with Gasteiger partial charge in [-0.15, -0.1) is 0 Å². The number of ether oxygens (including phenoxy) is 1. The van der Waals surface area contributed by atoms with Gasteiger partial charge in [-0.3, -0.25) is 20.3 Å². The van der Waals surface area contributed by atoms with Gasteiger partial charge in [-0.2, -0.15) is 5.10 Å². The van der Waals surface area contributed by atoms with Crippen molar-refractivity contribution in [2.45, 2.75) is 12.1 Å². The zero-order valence-electron chi connectivity index (χ0n) is 11.5. The highest BCUT2D eigenvalue weighted by atomic mass is 16.5. The van der Waals surface area contributed by atoms with Crippen LogP contribution < -0.4 is 16.0 Å². The quantitative estimate of drug-likeness (QED) is 0.534. The van der Waals surface area contributed by atoms with Gasteiger partial charge in [0.25, 0.3) is 0 Å². The summed E-state index contributed by atoms with van der Waals surface area (Å²) >= 11 is 0. The molecule has 1 aromatic heterocycles. The van der Waals surface area contributed by atoms with Gasteiger partial charge in [0.15, 0.2) is 5.75 Å². The SMILES string of the molecule is COc1cnn(C)c1C(NN)C1CN2CCN1CC2. The lowest BCUT2D eigenvalue weighted by atomic mass is 9.97. The first-order valence-corrected chi connectivity index (χ1v) is 6.73. The number of piperazine rings is 3. The van der Waals surface area contributed by atoms with Crippen LogP contribution in [0.1, 0.15) is 11.7 Å². The van der Waals surface area contributed by atoms with Crippen molar-refractivity contribution in [1.29, 1.82) is 0 Å². The predicted molar refractivity (Wildman–Crippen MR) is 71.6 cm³/mol. The standard InChI is InChI=1S/C12H22N6O/c1-16-12(10(19-2)7-14-16)11(15-13)9-8-17-3-5-18(9)6-4-17/h7,9,11,15H,3-6,8,13H2,1-2H3. The van der Waals surface area contributed by atoms with Crippen LogP contribution in [0.3, 0.4) is 0 Å². The summed E-state index contributed by atoms with van der Waals surface area (Å²) in [5, 5.41) is 4.28. The number of hydrogen-bond acceptors (Lipinski definition) is 6. The lowest BCUT2D eigenvalue weighted by Gasteiger charge is -2.49. The van der Waals surface area contributed by atoms with Crippen LogP contribution in [0.5, 0.6) is 5.75 Å². The molecule has 7 heteroatoms. The topological polar surface area (TPSA) is 71.6 Å². The monoisotopic (exact) mass is 266 g/mol. The van der Waals surface area contributed by atoms with Crippen LogP contribution in [0.4, 0.5) is 0 Å². The van der Waals surface area contributed by atoms with E-state index >= 15 is 0 Å². The Labute approximate surface area is 113 Å². The minimum Gasteiger partial charge on any atom is -0.493 e. The van der Waals surface area contributed by atoms with Gasteiger partial charge in [0.1, 0.15) is 0 Å². The first-order chi connectivity index (χ1) is 9.24. The molecule has 0 radical (unpaired) electrons. The van der Waals surface area contributed by atoms with E-state index in [1.54, 1.807) is 13.3 Å². The van der Waals surface area contributed by atoms with Crippen LogP contribution in [-0.4, -0.2) is 65.5 Å². The first kappa shape index (κ1) is 12.9. The van der Waals surface area contributed by atoms with Crippen molar-refractivity contribution in [2.75, 3.05) is 39.8 Å². The third-order valence-corrected chi connectivity index (χ3v) is 4.35. The van der Waals surface area contributed by atoms with E-state index in [0.29, 0.717) is 6.04 Å². The van der Waals surface area contributed by atoms with Crippen molar-refractivity contribution >= 4 is 0 Å². The fourth-order valence-corrected chi connectivity index (χ4v) is 3.28. The highest BCUT2D eigenvalue weighted by Crippen LogP contribution is 2.31. The first-order valence-electron chi connectivity index (χ1n) is 6.73. The molecular formula is C12H22N6O. The number of hydrazine groups is 1. The number of hydrogen-bond donors (Lipinski definition) is 2. The van der Waals surface area contributed by atoms with Crippen molar-refractivity contribution < 1.29 is 4.74 Å². The molecule has 0 aliphatic carbocycles. The molecule has 2 unspecified atom stereocenters. The van der Waals surface area contributed by atoms with E-state index in [9.17, 15) is 0 Å². The Balaban J connectivity index is 1.90. The number of aromatic nitrogens is 2. The lowest BCUT2D eigenvalue weighted by Crippen LogP contribution is -2.64. The van der Waals surface area contributed by atoms with Gasteiger partial charge in [-0.25, -0.2) is 5.43 Å². The molecule has 0 amide bonds. The Hall–Kier alpha value is -1.15. The van der Waals surface area contributed by atoms with Crippen molar-refractivity contribution in [3.05, 3.63) is 11.9 Å². The average Bonchev–Trinajstić information content (AvgIpc) is 2.83. The molecule has 3 aliphatic rings. The fourth-order valence-electron chi connectivity index (χ4n) is 3.28. The van der Waals surface area contributed by atoms with Gasteiger partial charge in [0.05, 0.1) is 25.0 Å². The second kappa shape index (κ2) is 5.09. The number of methoxy groups -OCH3 is 1. The van der Waals surface area contributed by atoms with Crippen molar-refractivity contribution in [3.8, 4) is 5.75 Å². The Morgan fingerprint density at radius 2 is 2.16 bits per heavy atom. The molecule has 2 bridgehead atoms. The number of nitrogens with one attached hydrogen (secondary N) is 1. The highest BCUT2D eigenvalue weighted by molar-refractivity contribution is 5.29. The third kappa shape index (κ3) is 2.12. The number of fused-ring (bicyclic) bond motifs is 3. The highest BCUT2D eigenvalue weighted by Gasteiger charge is 2.39. The number of nitrogens with two attached hydrogens (primary N) is 1. The predicted octanol–water partition coefficient (Wildman–Crippen LogP) is -1.07. The smallest absolute Gasteiger partial charge is 0.161 e. The molecule has 2 atom stereocenters. The van der Waals surface area contributed by atoms with Crippen LogP contribution in [-0.2, 0) is 7.05 Å². The summed E-state index contributed by atoms with van der Waals surface area (Å²) < 4.78 is 7.26. The molecule has 0 aromatic carbocycles. The van der Waals surface area contributed by atoms with E-state index in [2.05, 4.69) is 20.3 Å². The summed E-state index contributed by atoms with van der Waals surface area (Å²) in [4.78, 5) is 5.01. The molecule has 3 aliphatic heterocycles. The molecule has 106 valence electrons. The van der Waals surface area contributed by atoms with Crippen LogP contribution in [0.2, 0.25) is 0 Å². The van der Waals surface area contributed by atoms with E-state index in [4.69, 9.17) is 10.6 Å². The second-order valence-corrected chi connectivity index (χ2v) is 5.27. The summed E-state index contributed by atoms with van der Waals surface area (Å²) in [6, 6.07) is 0.405.